The summed E-state index contributed by atoms with van der Waals surface area (Å²) in [6, 6.07) is 5.86. The van der Waals surface area contributed by atoms with E-state index in [1.54, 1.807) is 6.07 Å². The van der Waals surface area contributed by atoms with Crippen LogP contribution in [0.1, 0.15) is 74.8 Å². The number of hydrogen-bond donors (Lipinski definition) is 0. The van der Waals surface area contributed by atoms with Crippen molar-refractivity contribution in [1.29, 1.82) is 0 Å². The molecule has 0 atom stereocenters. The van der Waals surface area contributed by atoms with Crippen molar-refractivity contribution in [2.45, 2.75) is 76.4 Å². The van der Waals surface area contributed by atoms with Crippen LogP contribution >= 0.6 is 0 Å². The molecule has 1 aromatic carbocycles. The predicted molar refractivity (Wildman–Crippen MR) is 120 cm³/mol. The van der Waals surface area contributed by atoms with Crippen LogP contribution in [0.2, 0.25) is 0 Å². The minimum absolute atomic E-state index is 0.0428. The van der Waals surface area contributed by atoms with Crippen molar-refractivity contribution in [2.75, 3.05) is 19.9 Å². The molecule has 0 unspecified atom stereocenters. The molecule has 172 valence electrons. The molecule has 1 heterocycles. The maximum absolute atomic E-state index is 14.8. The number of rotatable bonds is 7. The van der Waals surface area contributed by atoms with Gasteiger partial charge in [-0.1, -0.05) is 18.2 Å². The third-order valence-corrected chi connectivity index (χ3v) is 7.97. The first-order chi connectivity index (χ1) is 15.2. The Morgan fingerprint density at radius 2 is 1.61 bits per heavy atom. The average molecular weight is 433 g/mol. The summed E-state index contributed by atoms with van der Waals surface area (Å²) in [5, 5.41) is 0. The summed E-state index contributed by atoms with van der Waals surface area (Å²) in [7, 11) is 0. The zero-order valence-corrected chi connectivity index (χ0v) is 18.7. The third-order valence-electron chi connectivity index (χ3n) is 7.97. The molecule has 0 aromatic heterocycles. The predicted octanol–water partition coefficient (Wildman–Crippen LogP) is 6.98. The highest BCUT2D eigenvalue weighted by atomic mass is 19.1. The summed E-state index contributed by atoms with van der Waals surface area (Å²) in [5.74, 6) is 1.93. The van der Waals surface area contributed by atoms with E-state index in [1.807, 2.05) is 12.1 Å². The fourth-order valence-electron chi connectivity index (χ4n) is 5.75. The molecule has 2 nitrogen and oxygen atoms in total. The highest BCUT2D eigenvalue weighted by Crippen LogP contribution is 2.38. The van der Waals surface area contributed by atoms with E-state index in [1.165, 1.54) is 12.8 Å². The van der Waals surface area contributed by atoms with E-state index in [0.717, 1.165) is 75.7 Å². The van der Waals surface area contributed by atoms with Crippen LogP contribution in [0.3, 0.4) is 0 Å². The third kappa shape index (κ3) is 5.96. The van der Waals surface area contributed by atoms with Gasteiger partial charge in [0.25, 0.3) is 0 Å². The van der Waals surface area contributed by atoms with Crippen molar-refractivity contribution in [1.82, 2.24) is 0 Å². The molecule has 4 rings (SSSR count). The molecule has 0 amide bonds. The van der Waals surface area contributed by atoms with Crippen LogP contribution in [0.5, 0.6) is 0 Å². The van der Waals surface area contributed by atoms with Gasteiger partial charge in [-0.25, -0.2) is 4.39 Å². The summed E-state index contributed by atoms with van der Waals surface area (Å²) < 4.78 is 39.5. The van der Waals surface area contributed by atoms with Gasteiger partial charge < -0.3 is 9.47 Å². The van der Waals surface area contributed by atoms with E-state index in [-0.39, 0.29) is 30.6 Å². The SMILES string of the molecule is C=CC1COC(C2CCC(CCc3ccc(C4CCC(CF)CC4)c(F)c3)CC2)OC1. The van der Waals surface area contributed by atoms with Crippen molar-refractivity contribution >= 4 is 0 Å². The summed E-state index contributed by atoms with van der Waals surface area (Å²) >= 11 is 0. The van der Waals surface area contributed by atoms with Gasteiger partial charge in [0, 0.05) is 11.8 Å². The van der Waals surface area contributed by atoms with Crippen molar-refractivity contribution in [3.8, 4) is 0 Å². The van der Waals surface area contributed by atoms with E-state index >= 15 is 0 Å². The van der Waals surface area contributed by atoms with E-state index in [2.05, 4.69) is 12.6 Å². The average Bonchev–Trinajstić information content (AvgIpc) is 2.83. The number of benzene rings is 1. The first-order valence-electron chi connectivity index (χ1n) is 12.4. The summed E-state index contributed by atoms with van der Waals surface area (Å²) in [6.07, 6.45) is 12.3. The Bertz CT molecular complexity index is 697. The Hall–Kier alpha value is -1.26. The number of alkyl halides is 1. The first kappa shape index (κ1) is 22.9. The minimum Gasteiger partial charge on any atom is -0.352 e. The molecule has 1 saturated heterocycles. The Morgan fingerprint density at radius 1 is 0.935 bits per heavy atom. The second-order valence-corrected chi connectivity index (χ2v) is 10.1. The number of aryl methyl sites for hydroxylation is 1. The largest absolute Gasteiger partial charge is 0.352 e. The summed E-state index contributed by atoms with van der Waals surface area (Å²) in [6.45, 7) is 5.05. The summed E-state index contributed by atoms with van der Waals surface area (Å²) in [5.41, 5.74) is 1.95. The number of ether oxygens (including phenoxy) is 2. The molecule has 0 radical (unpaired) electrons. The van der Waals surface area contributed by atoms with Gasteiger partial charge in [0.15, 0.2) is 6.29 Å². The van der Waals surface area contributed by atoms with Gasteiger partial charge >= 0.3 is 0 Å². The van der Waals surface area contributed by atoms with E-state index in [9.17, 15) is 8.78 Å². The maximum Gasteiger partial charge on any atom is 0.160 e. The monoisotopic (exact) mass is 432 g/mol. The van der Waals surface area contributed by atoms with Gasteiger partial charge in [-0.3, -0.25) is 4.39 Å². The zero-order chi connectivity index (χ0) is 21.6. The van der Waals surface area contributed by atoms with Crippen LogP contribution in [-0.2, 0) is 15.9 Å². The van der Waals surface area contributed by atoms with Crippen LogP contribution in [0, 0.1) is 29.5 Å². The molecule has 2 saturated carbocycles. The van der Waals surface area contributed by atoms with Crippen molar-refractivity contribution < 1.29 is 18.3 Å². The fourth-order valence-corrected chi connectivity index (χ4v) is 5.75. The van der Waals surface area contributed by atoms with Gasteiger partial charge in [0.2, 0.25) is 0 Å². The first-order valence-corrected chi connectivity index (χ1v) is 12.4. The molecule has 3 fully saturated rings. The van der Waals surface area contributed by atoms with E-state index < -0.39 is 0 Å². The molecule has 4 heteroatoms. The molecule has 0 bridgehead atoms. The van der Waals surface area contributed by atoms with Crippen LogP contribution in [0.4, 0.5) is 8.78 Å². The second kappa shape index (κ2) is 11.0. The van der Waals surface area contributed by atoms with Crippen molar-refractivity contribution in [3.63, 3.8) is 0 Å². The van der Waals surface area contributed by atoms with E-state index in [4.69, 9.17) is 9.47 Å². The van der Waals surface area contributed by atoms with Gasteiger partial charge in [-0.05, 0) is 99.2 Å². The quantitative estimate of drug-likeness (QED) is 0.433. The Morgan fingerprint density at radius 3 is 2.23 bits per heavy atom. The molecule has 2 aliphatic carbocycles. The normalized spacial score (nSPS) is 34.4. The van der Waals surface area contributed by atoms with E-state index in [0.29, 0.717) is 17.8 Å². The lowest BCUT2D eigenvalue weighted by atomic mass is 9.78. The Labute approximate surface area is 186 Å². The van der Waals surface area contributed by atoms with Crippen LogP contribution in [0.25, 0.3) is 0 Å². The van der Waals surface area contributed by atoms with Gasteiger partial charge in [0.05, 0.1) is 19.9 Å². The lowest BCUT2D eigenvalue weighted by molar-refractivity contribution is -0.222. The topological polar surface area (TPSA) is 18.5 Å². The van der Waals surface area contributed by atoms with Gasteiger partial charge in [-0.15, -0.1) is 6.58 Å². The minimum atomic E-state index is -0.230. The van der Waals surface area contributed by atoms with Crippen LogP contribution < -0.4 is 0 Å². The summed E-state index contributed by atoms with van der Waals surface area (Å²) in [4.78, 5) is 0. The molecular weight excluding hydrogens is 394 g/mol. The van der Waals surface area contributed by atoms with Crippen LogP contribution in [-0.4, -0.2) is 26.2 Å². The fraction of sp³-hybridized carbons (Fsp3) is 0.704. The smallest absolute Gasteiger partial charge is 0.160 e. The van der Waals surface area contributed by atoms with Gasteiger partial charge in [-0.2, -0.15) is 0 Å². The standard InChI is InChI=1S/C27H38F2O2/c1-2-19-17-30-27(31-18-19)24-12-5-20(6-13-24)3-4-21-9-14-25(26(29)15-21)23-10-7-22(16-28)8-11-23/h2,9,14-15,19-20,22-24,27H,1,3-8,10-13,16-18H2. The maximum atomic E-state index is 14.8. The Balaban J connectivity index is 1.20. The van der Waals surface area contributed by atoms with Gasteiger partial charge in [0.1, 0.15) is 5.82 Å². The van der Waals surface area contributed by atoms with Crippen LogP contribution in [0.15, 0.2) is 30.9 Å². The molecule has 0 spiro atoms. The zero-order valence-electron chi connectivity index (χ0n) is 18.7. The molecule has 1 aliphatic heterocycles. The highest BCUT2D eigenvalue weighted by molar-refractivity contribution is 5.28. The van der Waals surface area contributed by atoms with Crippen molar-refractivity contribution in [2.24, 2.45) is 23.7 Å². The molecule has 3 aliphatic rings. The second-order valence-electron chi connectivity index (χ2n) is 10.1. The molecular formula is C27H38F2O2. The molecule has 0 N–H and O–H groups in total. The lowest BCUT2D eigenvalue weighted by Gasteiger charge is -2.37. The van der Waals surface area contributed by atoms with Crippen molar-refractivity contribution in [3.05, 3.63) is 47.8 Å². The highest BCUT2D eigenvalue weighted by Gasteiger charge is 2.32. The molecule has 1 aromatic rings. The number of halogens is 2. The molecule has 31 heavy (non-hydrogen) atoms. The number of hydrogen-bond acceptors (Lipinski definition) is 2. The lowest BCUT2D eigenvalue weighted by Crippen LogP contribution is -2.38. The Kier molecular flexibility index (Phi) is 8.17.